The summed E-state index contributed by atoms with van der Waals surface area (Å²) >= 11 is 0. The fourth-order valence-corrected chi connectivity index (χ4v) is 1.95. The van der Waals surface area contributed by atoms with Crippen molar-refractivity contribution in [2.75, 3.05) is 19.6 Å². The zero-order valence-electron chi connectivity index (χ0n) is 9.02. The highest BCUT2D eigenvalue weighted by Gasteiger charge is 2.08. The first-order chi connectivity index (χ1) is 5.93. The zero-order valence-corrected chi connectivity index (χ0v) is 9.02. The van der Waals surface area contributed by atoms with Crippen LogP contribution in [0.25, 0.3) is 0 Å². The number of unbranched alkanes of at least 4 members (excludes halogenated alkanes) is 3. The van der Waals surface area contributed by atoms with Crippen molar-refractivity contribution in [2.45, 2.75) is 51.9 Å². The highest BCUT2D eigenvalue weighted by molar-refractivity contribution is 4.63. The Morgan fingerprint density at radius 1 is 0.923 bits per heavy atom. The fourth-order valence-electron chi connectivity index (χ4n) is 1.95. The molecule has 0 radical (unpaired) electrons. The van der Waals surface area contributed by atoms with E-state index in [-0.39, 0.29) is 5.48 Å². The molecule has 1 heterocycles. The number of nitrogens with zero attached hydrogens (tertiary/aromatic N) is 1. The first kappa shape index (κ1) is 12.9. The van der Waals surface area contributed by atoms with Crippen molar-refractivity contribution in [1.82, 2.24) is 4.90 Å². The molecule has 0 saturated carbocycles. The van der Waals surface area contributed by atoms with Gasteiger partial charge in [0.15, 0.2) is 0 Å². The van der Waals surface area contributed by atoms with Gasteiger partial charge in [-0.25, -0.2) is 0 Å². The molecule has 1 aliphatic heterocycles. The van der Waals surface area contributed by atoms with E-state index in [1.165, 1.54) is 64.6 Å². The van der Waals surface area contributed by atoms with E-state index in [1.807, 2.05) is 0 Å². The van der Waals surface area contributed by atoms with Gasteiger partial charge in [0.25, 0.3) is 0 Å². The lowest BCUT2D eigenvalue weighted by atomic mass is 10.1. The number of piperidine rings is 1. The van der Waals surface area contributed by atoms with Crippen LogP contribution in [0.3, 0.4) is 0 Å². The molecule has 13 heavy (non-hydrogen) atoms. The smallest absolute Gasteiger partial charge is 0.00187 e. The molecule has 80 valence electrons. The molecular weight excluding hydrogens is 162 g/mol. The Kier molecular flexibility index (Phi) is 8.46. The quantitative estimate of drug-likeness (QED) is 0.608. The first-order valence-corrected chi connectivity index (χ1v) is 5.66. The van der Waals surface area contributed by atoms with Gasteiger partial charge in [0.05, 0.1) is 0 Å². The van der Waals surface area contributed by atoms with Crippen LogP contribution in [0, 0.1) is 0 Å². The van der Waals surface area contributed by atoms with Gasteiger partial charge in [-0.05, 0) is 38.9 Å². The summed E-state index contributed by atoms with van der Waals surface area (Å²) in [4.78, 5) is 2.64. The molecule has 1 aliphatic rings. The average molecular weight is 187 g/mol. The third-order valence-corrected chi connectivity index (χ3v) is 2.78. The average Bonchev–Trinajstić information content (AvgIpc) is 2.14. The van der Waals surface area contributed by atoms with E-state index in [1.54, 1.807) is 0 Å². The van der Waals surface area contributed by atoms with Crippen LogP contribution < -0.4 is 0 Å². The molecule has 0 aromatic rings. The first-order valence-electron chi connectivity index (χ1n) is 5.66. The molecule has 1 saturated heterocycles. The molecule has 0 aromatic heterocycles. The Hall–Kier alpha value is -0.0800. The van der Waals surface area contributed by atoms with Crippen LogP contribution in [0.2, 0.25) is 0 Å². The molecular formula is C11H25NO. The van der Waals surface area contributed by atoms with E-state index in [0.717, 1.165) is 0 Å². The van der Waals surface area contributed by atoms with Gasteiger partial charge in [-0.2, -0.15) is 0 Å². The summed E-state index contributed by atoms with van der Waals surface area (Å²) in [7, 11) is 0. The van der Waals surface area contributed by atoms with Gasteiger partial charge < -0.3 is 10.4 Å². The summed E-state index contributed by atoms with van der Waals surface area (Å²) < 4.78 is 0. The Labute approximate surface area is 82.6 Å². The van der Waals surface area contributed by atoms with Gasteiger partial charge in [0.2, 0.25) is 0 Å². The van der Waals surface area contributed by atoms with Crippen molar-refractivity contribution in [3.05, 3.63) is 0 Å². The molecule has 0 amide bonds. The van der Waals surface area contributed by atoms with E-state index in [0.29, 0.717) is 0 Å². The summed E-state index contributed by atoms with van der Waals surface area (Å²) in [6.07, 6.45) is 9.99. The monoisotopic (exact) mass is 187 g/mol. The number of rotatable bonds is 5. The van der Waals surface area contributed by atoms with Gasteiger partial charge in [0.1, 0.15) is 0 Å². The normalized spacial score (nSPS) is 18.2. The van der Waals surface area contributed by atoms with Gasteiger partial charge in [-0.3, -0.25) is 0 Å². The summed E-state index contributed by atoms with van der Waals surface area (Å²) in [6.45, 7) is 6.37. The molecule has 0 aromatic carbocycles. The SMILES string of the molecule is CCCCCCN1CCCCC1.O. The van der Waals surface area contributed by atoms with Gasteiger partial charge >= 0.3 is 0 Å². The summed E-state index contributed by atoms with van der Waals surface area (Å²) in [5.41, 5.74) is 0. The molecule has 1 fully saturated rings. The van der Waals surface area contributed by atoms with E-state index in [2.05, 4.69) is 11.8 Å². The van der Waals surface area contributed by atoms with Crippen LogP contribution in [0.4, 0.5) is 0 Å². The van der Waals surface area contributed by atoms with Crippen molar-refractivity contribution in [3.63, 3.8) is 0 Å². The largest absolute Gasteiger partial charge is 0.412 e. The minimum atomic E-state index is 0. The van der Waals surface area contributed by atoms with Gasteiger partial charge in [0, 0.05) is 0 Å². The summed E-state index contributed by atoms with van der Waals surface area (Å²) in [6, 6.07) is 0. The molecule has 0 bridgehead atoms. The number of hydrogen-bond acceptors (Lipinski definition) is 1. The maximum atomic E-state index is 2.64. The maximum absolute atomic E-state index is 2.64. The van der Waals surface area contributed by atoms with E-state index in [4.69, 9.17) is 0 Å². The molecule has 0 unspecified atom stereocenters. The predicted molar refractivity (Wildman–Crippen MR) is 58.0 cm³/mol. The van der Waals surface area contributed by atoms with Crippen molar-refractivity contribution < 1.29 is 5.48 Å². The standard InChI is InChI=1S/C11H23N.H2O/c1-2-3-4-6-9-12-10-7-5-8-11-12;/h2-11H2,1H3;1H2. The lowest BCUT2D eigenvalue weighted by Gasteiger charge is -2.26. The molecule has 0 spiro atoms. The zero-order chi connectivity index (χ0) is 8.65. The van der Waals surface area contributed by atoms with E-state index < -0.39 is 0 Å². The van der Waals surface area contributed by atoms with Crippen LogP contribution in [0.1, 0.15) is 51.9 Å². The van der Waals surface area contributed by atoms with Crippen LogP contribution in [-0.2, 0) is 0 Å². The third-order valence-electron chi connectivity index (χ3n) is 2.78. The van der Waals surface area contributed by atoms with E-state index >= 15 is 0 Å². The van der Waals surface area contributed by atoms with Crippen molar-refractivity contribution >= 4 is 0 Å². The molecule has 0 atom stereocenters. The molecule has 1 rings (SSSR count). The summed E-state index contributed by atoms with van der Waals surface area (Å²) in [5.74, 6) is 0. The Morgan fingerprint density at radius 3 is 2.23 bits per heavy atom. The molecule has 0 aliphatic carbocycles. The Morgan fingerprint density at radius 2 is 1.62 bits per heavy atom. The van der Waals surface area contributed by atoms with Crippen molar-refractivity contribution in [3.8, 4) is 0 Å². The summed E-state index contributed by atoms with van der Waals surface area (Å²) in [5, 5.41) is 0. The Bertz CT molecular complexity index is 100. The number of hydrogen-bond donors (Lipinski definition) is 0. The van der Waals surface area contributed by atoms with Crippen LogP contribution in [0.5, 0.6) is 0 Å². The molecule has 2 heteroatoms. The van der Waals surface area contributed by atoms with E-state index in [9.17, 15) is 0 Å². The second kappa shape index (κ2) is 8.52. The minimum Gasteiger partial charge on any atom is -0.412 e. The number of likely N-dealkylation sites (tertiary alicyclic amines) is 1. The predicted octanol–water partition coefficient (Wildman–Crippen LogP) is 2.23. The second-order valence-corrected chi connectivity index (χ2v) is 3.96. The highest BCUT2D eigenvalue weighted by Crippen LogP contribution is 2.10. The minimum absolute atomic E-state index is 0. The lowest BCUT2D eigenvalue weighted by Crippen LogP contribution is -2.30. The molecule has 2 N–H and O–H groups in total. The maximum Gasteiger partial charge on any atom is -0.00187 e. The van der Waals surface area contributed by atoms with Gasteiger partial charge in [-0.1, -0.05) is 32.6 Å². The van der Waals surface area contributed by atoms with Crippen LogP contribution in [0.15, 0.2) is 0 Å². The van der Waals surface area contributed by atoms with Crippen molar-refractivity contribution in [2.24, 2.45) is 0 Å². The second-order valence-electron chi connectivity index (χ2n) is 3.96. The third kappa shape index (κ3) is 6.05. The van der Waals surface area contributed by atoms with Gasteiger partial charge in [-0.15, -0.1) is 0 Å². The van der Waals surface area contributed by atoms with Crippen LogP contribution >= 0.6 is 0 Å². The fraction of sp³-hybridized carbons (Fsp3) is 1.00. The van der Waals surface area contributed by atoms with Crippen molar-refractivity contribution in [1.29, 1.82) is 0 Å². The Balaban J connectivity index is 0.00000144. The lowest BCUT2D eigenvalue weighted by molar-refractivity contribution is 0.224. The van der Waals surface area contributed by atoms with Crippen LogP contribution in [-0.4, -0.2) is 30.0 Å². The topological polar surface area (TPSA) is 34.7 Å². The highest BCUT2D eigenvalue weighted by atomic mass is 16.0. The molecule has 2 nitrogen and oxygen atoms in total.